The number of aryl methyl sites for hydroxylation is 3. The predicted molar refractivity (Wildman–Crippen MR) is 110 cm³/mol. The number of carbonyl (C=O) groups excluding carboxylic acids is 1. The van der Waals surface area contributed by atoms with Gasteiger partial charge in [-0.3, -0.25) is 14.6 Å². The molecule has 7 nitrogen and oxygen atoms in total. The van der Waals surface area contributed by atoms with E-state index in [4.69, 9.17) is 0 Å². The van der Waals surface area contributed by atoms with Crippen molar-refractivity contribution in [1.29, 1.82) is 0 Å². The number of hydrogen-bond donors (Lipinski definition) is 2. The standard InChI is InChI=1S/C22H27N5O2/c1-14-6-5-7-17(12-14)22(29)8-10-27(11-9-22)21(28)19-13-18(23-24-19)20-15(2)25-26(4)16(20)3/h5-7,12-13,29H,8-11H2,1-4H3,(H,23,24). The lowest BCUT2D eigenvalue weighted by Crippen LogP contribution is -2.45. The third-order valence-corrected chi connectivity index (χ3v) is 6.01. The third kappa shape index (κ3) is 3.46. The number of hydrogen-bond acceptors (Lipinski definition) is 4. The SMILES string of the molecule is Cc1cccc(C2(O)CCN(C(=O)c3cc(-c4c(C)nn(C)c4C)n[nH]3)CC2)c1. The Morgan fingerprint density at radius 1 is 1.17 bits per heavy atom. The first-order valence-corrected chi connectivity index (χ1v) is 9.93. The number of amides is 1. The molecule has 2 aromatic heterocycles. The van der Waals surface area contributed by atoms with E-state index in [2.05, 4.69) is 15.3 Å². The van der Waals surface area contributed by atoms with E-state index in [1.807, 2.05) is 56.8 Å². The van der Waals surface area contributed by atoms with E-state index in [0.29, 0.717) is 31.6 Å². The van der Waals surface area contributed by atoms with Crippen LogP contribution in [0.2, 0.25) is 0 Å². The number of likely N-dealkylation sites (tertiary alicyclic amines) is 1. The molecular weight excluding hydrogens is 366 g/mol. The fraction of sp³-hybridized carbons (Fsp3) is 0.409. The topological polar surface area (TPSA) is 87.0 Å². The van der Waals surface area contributed by atoms with Crippen molar-refractivity contribution in [3.63, 3.8) is 0 Å². The maximum Gasteiger partial charge on any atom is 0.271 e. The minimum Gasteiger partial charge on any atom is -0.385 e. The molecular formula is C22H27N5O2. The zero-order valence-corrected chi connectivity index (χ0v) is 17.4. The minimum absolute atomic E-state index is 0.0887. The highest BCUT2D eigenvalue weighted by molar-refractivity contribution is 5.93. The summed E-state index contributed by atoms with van der Waals surface area (Å²) in [6.45, 7) is 6.95. The summed E-state index contributed by atoms with van der Waals surface area (Å²) in [7, 11) is 1.90. The van der Waals surface area contributed by atoms with E-state index in [1.54, 1.807) is 11.0 Å². The van der Waals surface area contributed by atoms with Crippen LogP contribution in [-0.2, 0) is 12.6 Å². The number of carbonyl (C=O) groups is 1. The Morgan fingerprint density at radius 3 is 2.52 bits per heavy atom. The van der Waals surface area contributed by atoms with E-state index < -0.39 is 5.60 Å². The smallest absolute Gasteiger partial charge is 0.271 e. The molecule has 0 spiro atoms. The molecule has 0 saturated carbocycles. The normalized spacial score (nSPS) is 16.2. The van der Waals surface area contributed by atoms with Gasteiger partial charge in [-0.15, -0.1) is 0 Å². The highest BCUT2D eigenvalue weighted by Gasteiger charge is 2.36. The predicted octanol–water partition coefficient (Wildman–Crippen LogP) is 2.86. The molecule has 2 N–H and O–H groups in total. The Bertz CT molecular complexity index is 1060. The van der Waals surface area contributed by atoms with Gasteiger partial charge in [0.2, 0.25) is 0 Å². The fourth-order valence-corrected chi connectivity index (χ4v) is 4.18. The average Bonchev–Trinajstić information content (AvgIpc) is 3.26. The van der Waals surface area contributed by atoms with Crippen molar-refractivity contribution in [3.8, 4) is 11.3 Å². The molecule has 0 atom stereocenters. The summed E-state index contributed by atoms with van der Waals surface area (Å²) in [6, 6.07) is 9.77. The summed E-state index contributed by atoms with van der Waals surface area (Å²) in [6.07, 6.45) is 1.04. The number of aliphatic hydroxyl groups is 1. The molecule has 7 heteroatoms. The molecule has 29 heavy (non-hydrogen) atoms. The highest BCUT2D eigenvalue weighted by Crippen LogP contribution is 2.34. The van der Waals surface area contributed by atoms with Gasteiger partial charge in [-0.1, -0.05) is 29.8 Å². The average molecular weight is 393 g/mol. The molecule has 3 heterocycles. The van der Waals surface area contributed by atoms with Crippen LogP contribution in [0, 0.1) is 20.8 Å². The highest BCUT2D eigenvalue weighted by atomic mass is 16.3. The van der Waals surface area contributed by atoms with Crippen LogP contribution in [0.15, 0.2) is 30.3 Å². The summed E-state index contributed by atoms with van der Waals surface area (Å²) in [5.41, 5.74) is 5.21. The largest absolute Gasteiger partial charge is 0.385 e. The van der Waals surface area contributed by atoms with Crippen LogP contribution in [0.5, 0.6) is 0 Å². The van der Waals surface area contributed by atoms with Crippen LogP contribution >= 0.6 is 0 Å². The van der Waals surface area contributed by atoms with Crippen molar-refractivity contribution >= 4 is 5.91 Å². The maximum atomic E-state index is 13.0. The first-order valence-electron chi connectivity index (χ1n) is 9.93. The van der Waals surface area contributed by atoms with E-state index >= 15 is 0 Å². The first-order chi connectivity index (χ1) is 13.8. The summed E-state index contributed by atoms with van der Waals surface area (Å²) in [5, 5.41) is 22.7. The van der Waals surface area contributed by atoms with Gasteiger partial charge < -0.3 is 10.0 Å². The van der Waals surface area contributed by atoms with Crippen LogP contribution in [0.4, 0.5) is 0 Å². The van der Waals surface area contributed by atoms with Gasteiger partial charge >= 0.3 is 0 Å². The van der Waals surface area contributed by atoms with Crippen molar-refractivity contribution in [3.05, 3.63) is 58.5 Å². The Balaban J connectivity index is 1.49. The van der Waals surface area contributed by atoms with Crippen molar-refractivity contribution in [2.24, 2.45) is 7.05 Å². The first kappa shape index (κ1) is 19.4. The number of H-pyrrole nitrogens is 1. The van der Waals surface area contributed by atoms with E-state index in [1.165, 1.54) is 0 Å². The monoisotopic (exact) mass is 393 g/mol. The molecule has 1 aromatic carbocycles. The molecule has 152 valence electrons. The molecule has 0 radical (unpaired) electrons. The zero-order chi connectivity index (χ0) is 20.8. The van der Waals surface area contributed by atoms with Gasteiger partial charge in [-0.2, -0.15) is 10.2 Å². The summed E-state index contributed by atoms with van der Waals surface area (Å²) in [4.78, 5) is 14.8. The Kier molecular flexibility index (Phi) is 4.78. The fourth-order valence-electron chi connectivity index (χ4n) is 4.18. The lowest BCUT2D eigenvalue weighted by molar-refractivity contribution is -0.0213. The van der Waals surface area contributed by atoms with Crippen LogP contribution < -0.4 is 0 Å². The van der Waals surface area contributed by atoms with Gasteiger partial charge in [-0.05, 0) is 45.2 Å². The van der Waals surface area contributed by atoms with Crippen molar-refractivity contribution in [2.45, 2.75) is 39.2 Å². The van der Waals surface area contributed by atoms with Gasteiger partial charge in [-0.25, -0.2) is 0 Å². The molecule has 1 fully saturated rings. The Hall–Kier alpha value is -2.93. The maximum absolute atomic E-state index is 13.0. The third-order valence-electron chi connectivity index (χ3n) is 6.01. The number of nitrogens with one attached hydrogen (secondary N) is 1. The molecule has 0 aliphatic carbocycles. The molecule has 1 aliphatic heterocycles. The number of rotatable bonds is 3. The Morgan fingerprint density at radius 2 is 1.90 bits per heavy atom. The van der Waals surface area contributed by atoms with Crippen molar-refractivity contribution in [2.75, 3.05) is 13.1 Å². The molecule has 4 rings (SSSR count). The van der Waals surface area contributed by atoms with Crippen LogP contribution in [-0.4, -0.2) is 49.0 Å². The quantitative estimate of drug-likeness (QED) is 0.716. The number of aromatic amines is 1. The van der Waals surface area contributed by atoms with E-state index in [0.717, 1.165) is 33.8 Å². The van der Waals surface area contributed by atoms with Crippen LogP contribution in [0.25, 0.3) is 11.3 Å². The molecule has 1 aliphatic rings. The van der Waals surface area contributed by atoms with E-state index in [-0.39, 0.29) is 5.91 Å². The van der Waals surface area contributed by atoms with Gasteiger partial charge in [0.25, 0.3) is 5.91 Å². The minimum atomic E-state index is -0.883. The van der Waals surface area contributed by atoms with Gasteiger partial charge in [0.1, 0.15) is 5.69 Å². The summed E-state index contributed by atoms with van der Waals surface area (Å²) < 4.78 is 1.82. The second-order valence-electron chi connectivity index (χ2n) is 8.03. The second kappa shape index (κ2) is 7.15. The van der Waals surface area contributed by atoms with Gasteiger partial charge in [0.15, 0.2) is 0 Å². The lowest BCUT2D eigenvalue weighted by atomic mass is 9.84. The molecule has 1 amide bonds. The van der Waals surface area contributed by atoms with Gasteiger partial charge in [0, 0.05) is 31.4 Å². The number of aromatic nitrogens is 4. The van der Waals surface area contributed by atoms with Crippen LogP contribution in [0.3, 0.4) is 0 Å². The number of nitrogens with zero attached hydrogens (tertiary/aromatic N) is 4. The second-order valence-corrected chi connectivity index (χ2v) is 8.03. The van der Waals surface area contributed by atoms with E-state index in [9.17, 15) is 9.90 Å². The number of piperidine rings is 1. The van der Waals surface area contributed by atoms with Crippen LogP contribution in [0.1, 0.15) is 45.8 Å². The summed E-state index contributed by atoms with van der Waals surface area (Å²) in [5.74, 6) is -0.0887. The van der Waals surface area contributed by atoms with Crippen molar-refractivity contribution in [1.82, 2.24) is 24.9 Å². The number of benzene rings is 1. The molecule has 1 saturated heterocycles. The molecule has 3 aromatic rings. The van der Waals surface area contributed by atoms with Crippen molar-refractivity contribution < 1.29 is 9.90 Å². The summed E-state index contributed by atoms with van der Waals surface area (Å²) >= 11 is 0. The zero-order valence-electron chi connectivity index (χ0n) is 17.4. The molecule has 0 bridgehead atoms. The lowest BCUT2D eigenvalue weighted by Gasteiger charge is -2.38. The molecule has 0 unspecified atom stereocenters. The Labute approximate surface area is 170 Å². The van der Waals surface area contributed by atoms with Gasteiger partial charge in [0.05, 0.1) is 17.0 Å².